The molecule has 23 heavy (non-hydrogen) atoms. The summed E-state index contributed by atoms with van der Waals surface area (Å²) in [5.41, 5.74) is 1.10. The van der Waals surface area contributed by atoms with Crippen molar-refractivity contribution in [2.45, 2.75) is 37.8 Å². The maximum atomic E-state index is 11.9. The molecule has 0 saturated carbocycles. The number of amides is 1. The summed E-state index contributed by atoms with van der Waals surface area (Å²) in [6.45, 7) is 2.94. The van der Waals surface area contributed by atoms with E-state index in [0.29, 0.717) is 5.75 Å². The monoisotopic (exact) mass is 348 g/mol. The summed E-state index contributed by atoms with van der Waals surface area (Å²) in [6.07, 6.45) is 4.67. The van der Waals surface area contributed by atoms with Crippen LogP contribution >= 0.6 is 23.1 Å². The molecule has 0 aliphatic rings. The van der Waals surface area contributed by atoms with Crippen LogP contribution in [0.5, 0.6) is 0 Å². The number of carbonyl (C=O) groups is 1. The van der Waals surface area contributed by atoms with Crippen LogP contribution in [0.4, 0.5) is 0 Å². The van der Waals surface area contributed by atoms with E-state index in [-0.39, 0.29) is 5.91 Å². The van der Waals surface area contributed by atoms with Crippen molar-refractivity contribution in [3.8, 4) is 0 Å². The quantitative estimate of drug-likeness (QED) is 0.498. The minimum absolute atomic E-state index is 0.0581. The van der Waals surface area contributed by atoms with Crippen molar-refractivity contribution in [1.29, 1.82) is 0 Å². The van der Waals surface area contributed by atoms with Crippen LogP contribution in [0.2, 0.25) is 0 Å². The van der Waals surface area contributed by atoms with Crippen molar-refractivity contribution in [2.75, 3.05) is 12.3 Å². The number of hydrogen-bond donors (Lipinski definition) is 1. The Morgan fingerprint density at radius 1 is 1.26 bits per heavy atom. The van der Waals surface area contributed by atoms with Crippen LogP contribution in [-0.4, -0.2) is 32.8 Å². The maximum absolute atomic E-state index is 11.9. The number of fused-ring (bicyclic) bond motifs is 3. The van der Waals surface area contributed by atoms with Crippen LogP contribution in [0.1, 0.15) is 32.6 Å². The summed E-state index contributed by atoms with van der Waals surface area (Å²) in [4.78, 5) is 12.8. The second kappa shape index (κ2) is 7.79. The van der Waals surface area contributed by atoms with Gasteiger partial charge >= 0.3 is 0 Å². The largest absolute Gasteiger partial charge is 0.355 e. The molecule has 0 aliphatic heterocycles. The number of carbonyl (C=O) groups excluding carboxylic acids is 1. The van der Waals surface area contributed by atoms with Gasteiger partial charge in [-0.25, -0.2) is 0 Å². The Morgan fingerprint density at radius 2 is 2.13 bits per heavy atom. The first-order valence-electron chi connectivity index (χ1n) is 7.91. The first-order valence-corrected chi connectivity index (χ1v) is 9.72. The molecule has 1 N–H and O–H groups in total. The zero-order valence-electron chi connectivity index (χ0n) is 13.1. The van der Waals surface area contributed by atoms with Gasteiger partial charge in [0.2, 0.25) is 10.9 Å². The summed E-state index contributed by atoms with van der Waals surface area (Å²) < 4.78 is 3.21. The van der Waals surface area contributed by atoms with Crippen molar-refractivity contribution in [1.82, 2.24) is 19.9 Å². The normalized spacial score (nSPS) is 11.3. The number of nitrogens with one attached hydrogen (secondary N) is 1. The summed E-state index contributed by atoms with van der Waals surface area (Å²) in [6, 6.07) is 8.16. The second-order valence-corrected chi connectivity index (χ2v) is 7.32. The number of nitrogens with zero attached hydrogens (tertiary/aromatic N) is 3. The third-order valence-corrected chi connectivity index (χ3v) is 5.54. The maximum Gasteiger partial charge on any atom is 0.230 e. The van der Waals surface area contributed by atoms with Crippen LogP contribution in [0.3, 0.4) is 0 Å². The lowest BCUT2D eigenvalue weighted by Crippen LogP contribution is -2.26. The van der Waals surface area contributed by atoms with Gasteiger partial charge in [-0.15, -0.1) is 10.2 Å². The number of rotatable bonds is 8. The Kier molecular flexibility index (Phi) is 5.51. The fraction of sp³-hybridized carbons (Fsp3) is 0.438. The van der Waals surface area contributed by atoms with E-state index in [0.717, 1.165) is 28.6 Å². The van der Waals surface area contributed by atoms with E-state index >= 15 is 0 Å². The molecule has 0 saturated heterocycles. The van der Waals surface area contributed by atoms with Gasteiger partial charge in [0.15, 0.2) is 5.16 Å². The third kappa shape index (κ3) is 3.84. The molecule has 0 unspecified atom stereocenters. The van der Waals surface area contributed by atoms with Gasteiger partial charge in [0.05, 0.1) is 16.0 Å². The van der Waals surface area contributed by atoms with Crippen LogP contribution in [0, 0.1) is 0 Å². The Bertz CT molecular complexity index is 796. The van der Waals surface area contributed by atoms with Crippen molar-refractivity contribution in [3.63, 3.8) is 0 Å². The number of unbranched alkanes of at least 4 members (excludes halogenated alkanes) is 3. The molecule has 0 aliphatic carbocycles. The highest BCUT2D eigenvalue weighted by Gasteiger charge is 2.13. The Labute approximate surface area is 143 Å². The summed E-state index contributed by atoms with van der Waals surface area (Å²) in [5.74, 6) is 0.432. The topological polar surface area (TPSA) is 59.3 Å². The van der Waals surface area contributed by atoms with Gasteiger partial charge in [-0.2, -0.15) is 0 Å². The van der Waals surface area contributed by atoms with E-state index in [1.165, 1.54) is 35.7 Å². The lowest BCUT2D eigenvalue weighted by molar-refractivity contribution is -0.118. The van der Waals surface area contributed by atoms with Gasteiger partial charge in [-0.1, -0.05) is 61.4 Å². The number of hydrogen-bond acceptors (Lipinski definition) is 5. The first-order chi connectivity index (χ1) is 11.3. The molecule has 0 bridgehead atoms. The smallest absolute Gasteiger partial charge is 0.230 e. The zero-order chi connectivity index (χ0) is 16.1. The van der Waals surface area contributed by atoms with E-state index in [9.17, 15) is 4.79 Å². The number of para-hydroxylation sites is 1. The lowest BCUT2D eigenvalue weighted by Gasteiger charge is -2.04. The highest BCUT2D eigenvalue weighted by atomic mass is 32.2. The van der Waals surface area contributed by atoms with Gasteiger partial charge in [-0.3, -0.25) is 9.20 Å². The van der Waals surface area contributed by atoms with Crippen molar-refractivity contribution in [3.05, 3.63) is 24.3 Å². The second-order valence-electron chi connectivity index (χ2n) is 5.37. The predicted octanol–water partition coefficient (Wildman–Crippen LogP) is 3.73. The Hall–Kier alpha value is -1.60. The molecule has 0 radical (unpaired) electrons. The van der Waals surface area contributed by atoms with E-state index in [1.54, 1.807) is 11.3 Å². The minimum atomic E-state index is 0.0581. The molecular formula is C16H20N4OS2. The molecule has 3 aromatic rings. The van der Waals surface area contributed by atoms with E-state index in [2.05, 4.69) is 34.6 Å². The fourth-order valence-corrected chi connectivity index (χ4v) is 4.21. The average molecular weight is 348 g/mol. The molecule has 0 atom stereocenters. The first kappa shape index (κ1) is 16.3. The molecule has 122 valence electrons. The van der Waals surface area contributed by atoms with Gasteiger partial charge in [-0.05, 0) is 18.6 Å². The molecule has 0 spiro atoms. The molecule has 2 heterocycles. The van der Waals surface area contributed by atoms with Crippen LogP contribution in [0.15, 0.2) is 29.4 Å². The SMILES string of the molecule is CCCCCCNC(=O)CSc1nnc2sc3ccccc3n12. The summed E-state index contributed by atoms with van der Waals surface area (Å²) in [5, 5.41) is 12.2. The molecule has 5 nitrogen and oxygen atoms in total. The number of aromatic nitrogens is 3. The van der Waals surface area contributed by atoms with Crippen molar-refractivity contribution < 1.29 is 4.79 Å². The Balaban J connectivity index is 1.58. The highest BCUT2D eigenvalue weighted by molar-refractivity contribution is 7.99. The molecule has 2 aromatic heterocycles. The number of benzene rings is 1. The highest BCUT2D eigenvalue weighted by Crippen LogP contribution is 2.29. The molecule has 1 aromatic carbocycles. The predicted molar refractivity (Wildman–Crippen MR) is 96.2 cm³/mol. The van der Waals surface area contributed by atoms with Crippen LogP contribution in [0.25, 0.3) is 15.2 Å². The zero-order valence-corrected chi connectivity index (χ0v) is 14.8. The molecular weight excluding hydrogens is 328 g/mol. The van der Waals surface area contributed by atoms with E-state index < -0.39 is 0 Å². The van der Waals surface area contributed by atoms with Gasteiger partial charge in [0.25, 0.3) is 0 Å². The lowest BCUT2D eigenvalue weighted by atomic mass is 10.2. The average Bonchev–Trinajstić information content (AvgIpc) is 3.12. The summed E-state index contributed by atoms with van der Waals surface area (Å²) in [7, 11) is 0. The van der Waals surface area contributed by atoms with E-state index in [1.807, 2.05) is 16.5 Å². The summed E-state index contributed by atoms with van der Waals surface area (Å²) >= 11 is 3.05. The minimum Gasteiger partial charge on any atom is -0.355 e. The molecule has 0 fully saturated rings. The standard InChI is InChI=1S/C16H20N4OS2/c1-2-3-4-7-10-17-14(21)11-22-15-18-19-16-20(15)12-8-5-6-9-13(12)23-16/h5-6,8-9H,2-4,7,10-11H2,1H3,(H,17,21). The van der Waals surface area contributed by atoms with Gasteiger partial charge < -0.3 is 5.32 Å². The molecule has 3 rings (SSSR count). The fourth-order valence-electron chi connectivity index (χ4n) is 2.41. The molecule has 1 amide bonds. The molecule has 7 heteroatoms. The third-order valence-electron chi connectivity index (χ3n) is 3.60. The van der Waals surface area contributed by atoms with Crippen molar-refractivity contribution in [2.24, 2.45) is 0 Å². The van der Waals surface area contributed by atoms with E-state index in [4.69, 9.17) is 0 Å². The number of thiazole rings is 1. The van der Waals surface area contributed by atoms with Crippen LogP contribution in [-0.2, 0) is 4.79 Å². The van der Waals surface area contributed by atoms with Crippen LogP contribution < -0.4 is 5.32 Å². The van der Waals surface area contributed by atoms with Crippen molar-refractivity contribution >= 4 is 44.2 Å². The van der Waals surface area contributed by atoms with Gasteiger partial charge in [0.1, 0.15) is 0 Å². The Morgan fingerprint density at radius 3 is 3.00 bits per heavy atom. The van der Waals surface area contributed by atoms with Gasteiger partial charge in [0, 0.05) is 6.54 Å². The number of thioether (sulfide) groups is 1.